The fourth-order valence-corrected chi connectivity index (χ4v) is 5.61. The topological polar surface area (TPSA) is 64.6 Å². The number of rotatable bonds is 5. The van der Waals surface area contributed by atoms with Crippen molar-refractivity contribution in [3.05, 3.63) is 48.3 Å². The van der Waals surface area contributed by atoms with Crippen molar-refractivity contribution in [2.24, 2.45) is 0 Å². The first kappa shape index (κ1) is 22.1. The molecule has 1 amide bonds. The summed E-state index contributed by atoms with van der Waals surface area (Å²) in [4.78, 5) is 28.8. The Hall–Kier alpha value is -2.67. The molecule has 1 aromatic carbocycles. The van der Waals surface area contributed by atoms with Crippen molar-refractivity contribution in [1.82, 2.24) is 20.2 Å². The summed E-state index contributed by atoms with van der Waals surface area (Å²) in [5.74, 6) is 0.929. The molecular weight excluding hydrogens is 412 g/mol. The second-order valence-electron chi connectivity index (χ2n) is 9.65. The van der Waals surface area contributed by atoms with Gasteiger partial charge in [0.1, 0.15) is 0 Å². The highest BCUT2D eigenvalue weighted by molar-refractivity contribution is 5.94. The van der Waals surface area contributed by atoms with Crippen LogP contribution in [0.3, 0.4) is 0 Å². The van der Waals surface area contributed by atoms with Crippen LogP contribution in [0.1, 0.15) is 55.3 Å². The number of benzene rings is 1. The van der Waals surface area contributed by atoms with Crippen LogP contribution in [0.4, 0.5) is 11.6 Å². The zero-order chi connectivity index (χ0) is 22.5. The van der Waals surface area contributed by atoms with Crippen LogP contribution >= 0.6 is 0 Å². The fraction of sp³-hybridized carbons (Fsp3) is 0.577. The van der Waals surface area contributed by atoms with Crippen LogP contribution in [0, 0.1) is 0 Å². The molecule has 1 aromatic heterocycles. The zero-order valence-electron chi connectivity index (χ0n) is 19.5. The van der Waals surface area contributed by atoms with Gasteiger partial charge in [-0.1, -0.05) is 12.8 Å². The Labute approximate surface area is 197 Å². The lowest BCUT2D eigenvalue weighted by atomic mass is 10.0. The molecule has 5 rings (SSSR count). The van der Waals surface area contributed by atoms with E-state index >= 15 is 0 Å². The predicted octanol–water partition coefficient (Wildman–Crippen LogP) is 3.33. The second-order valence-corrected chi connectivity index (χ2v) is 9.65. The summed E-state index contributed by atoms with van der Waals surface area (Å²) in [5, 5.41) is 3.19. The molecule has 2 aromatic rings. The molecule has 3 heterocycles. The van der Waals surface area contributed by atoms with Gasteiger partial charge in [0.2, 0.25) is 5.95 Å². The summed E-state index contributed by atoms with van der Waals surface area (Å²) in [6, 6.07) is 11.1. The first-order valence-corrected chi connectivity index (χ1v) is 12.7. The largest absolute Gasteiger partial charge is 0.371 e. The van der Waals surface area contributed by atoms with Crippen LogP contribution in [0.2, 0.25) is 0 Å². The predicted molar refractivity (Wildman–Crippen MR) is 132 cm³/mol. The summed E-state index contributed by atoms with van der Waals surface area (Å²) >= 11 is 0. The van der Waals surface area contributed by atoms with E-state index in [-0.39, 0.29) is 5.91 Å². The average molecular weight is 449 g/mol. The van der Waals surface area contributed by atoms with Crippen molar-refractivity contribution < 1.29 is 4.79 Å². The lowest BCUT2D eigenvalue weighted by Crippen LogP contribution is -2.46. The normalized spacial score (nSPS) is 21.2. The molecule has 33 heavy (non-hydrogen) atoms. The molecule has 176 valence electrons. The van der Waals surface area contributed by atoms with Crippen LogP contribution in [0.25, 0.3) is 0 Å². The average Bonchev–Trinajstić information content (AvgIpc) is 3.26. The Morgan fingerprint density at radius 1 is 0.788 bits per heavy atom. The third-order valence-electron chi connectivity index (χ3n) is 7.53. The van der Waals surface area contributed by atoms with E-state index in [2.05, 4.69) is 42.1 Å². The molecule has 7 heteroatoms. The molecule has 0 spiro atoms. The Balaban J connectivity index is 1.11. The SMILES string of the molecule is O=C(NC1CCCC1)c1ccc(N2CCC(N3CCCN(c4ncccn4)CC3)CC2)cc1. The van der Waals surface area contributed by atoms with Gasteiger partial charge in [0, 0.05) is 75.0 Å². The summed E-state index contributed by atoms with van der Waals surface area (Å²) in [7, 11) is 0. The highest BCUT2D eigenvalue weighted by atomic mass is 16.1. The Morgan fingerprint density at radius 2 is 1.52 bits per heavy atom. The van der Waals surface area contributed by atoms with Crippen molar-refractivity contribution in [3.8, 4) is 0 Å². The van der Waals surface area contributed by atoms with Crippen molar-refractivity contribution in [2.45, 2.75) is 57.0 Å². The van der Waals surface area contributed by atoms with Crippen LogP contribution in [-0.4, -0.2) is 72.1 Å². The molecule has 0 radical (unpaired) electrons. The molecule has 2 saturated heterocycles. The van der Waals surface area contributed by atoms with Crippen molar-refractivity contribution in [2.75, 3.05) is 49.1 Å². The Morgan fingerprint density at radius 3 is 2.24 bits per heavy atom. The fourth-order valence-electron chi connectivity index (χ4n) is 5.61. The highest BCUT2D eigenvalue weighted by Gasteiger charge is 2.27. The van der Waals surface area contributed by atoms with Gasteiger partial charge in [-0.25, -0.2) is 9.97 Å². The number of nitrogens with one attached hydrogen (secondary N) is 1. The monoisotopic (exact) mass is 448 g/mol. The molecule has 3 aliphatic rings. The van der Waals surface area contributed by atoms with E-state index in [0.717, 1.165) is 70.0 Å². The van der Waals surface area contributed by atoms with Crippen molar-refractivity contribution >= 4 is 17.5 Å². The molecule has 0 bridgehead atoms. The number of anilines is 2. The van der Waals surface area contributed by atoms with Crippen LogP contribution in [0.5, 0.6) is 0 Å². The minimum absolute atomic E-state index is 0.0725. The summed E-state index contributed by atoms with van der Waals surface area (Å²) in [6.45, 7) is 6.39. The van der Waals surface area contributed by atoms with Gasteiger partial charge >= 0.3 is 0 Å². The van der Waals surface area contributed by atoms with E-state index < -0.39 is 0 Å². The van der Waals surface area contributed by atoms with Gasteiger partial charge in [-0.15, -0.1) is 0 Å². The smallest absolute Gasteiger partial charge is 0.251 e. The van der Waals surface area contributed by atoms with E-state index in [1.165, 1.54) is 31.4 Å². The standard InChI is InChI=1S/C26H36N6O/c33-25(29-22-5-1-2-6-22)21-7-9-23(10-8-21)31-17-11-24(12-18-31)30-15-4-16-32(20-19-30)26-27-13-3-14-28-26/h3,7-10,13-14,22,24H,1-2,4-6,11-12,15-20H2,(H,29,33). The number of aromatic nitrogens is 2. The van der Waals surface area contributed by atoms with Crippen molar-refractivity contribution in [1.29, 1.82) is 0 Å². The molecule has 0 unspecified atom stereocenters. The number of nitrogens with zero attached hydrogens (tertiary/aromatic N) is 5. The summed E-state index contributed by atoms with van der Waals surface area (Å²) in [5.41, 5.74) is 2.01. The molecule has 1 saturated carbocycles. The van der Waals surface area contributed by atoms with E-state index in [0.29, 0.717) is 12.1 Å². The number of amides is 1. The van der Waals surface area contributed by atoms with Gasteiger partial charge in [0.15, 0.2) is 0 Å². The minimum Gasteiger partial charge on any atom is -0.371 e. The van der Waals surface area contributed by atoms with Gasteiger partial charge in [0.05, 0.1) is 0 Å². The van der Waals surface area contributed by atoms with Crippen LogP contribution in [-0.2, 0) is 0 Å². The van der Waals surface area contributed by atoms with Gasteiger partial charge in [-0.05, 0) is 62.4 Å². The molecule has 7 nitrogen and oxygen atoms in total. The van der Waals surface area contributed by atoms with Gasteiger partial charge in [-0.2, -0.15) is 0 Å². The van der Waals surface area contributed by atoms with E-state index in [9.17, 15) is 4.79 Å². The number of hydrogen-bond donors (Lipinski definition) is 1. The third-order valence-corrected chi connectivity index (χ3v) is 7.53. The maximum atomic E-state index is 12.5. The summed E-state index contributed by atoms with van der Waals surface area (Å²) in [6.07, 6.45) is 11.9. The van der Waals surface area contributed by atoms with Gasteiger partial charge in [-0.3, -0.25) is 9.69 Å². The first-order valence-electron chi connectivity index (χ1n) is 12.7. The lowest BCUT2D eigenvalue weighted by Gasteiger charge is -2.39. The number of carbonyl (C=O) groups excluding carboxylic acids is 1. The van der Waals surface area contributed by atoms with E-state index in [1.54, 1.807) is 0 Å². The first-order chi connectivity index (χ1) is 16.3. The second kappa shape index (κ2) is 10.5. The zero-order valence-corrected chi connectivity index (χ0v) is 19.5. The number of piperidine rings is 1. The number of hydrogen-bond acceptors (Lipinski definition) is 6. The number of carbonyl (C=O) groups is 1. The van der Waals surface area contributed by atoms with E-state index in [1.807, 2.05) is 30.6 Å². The molecule has 0 atom stereocenters. The third kappa shape index (κ3) is 5.46. The maximum absolute atomic E-state index is 12.5. The molecule has 3 fully saturated rings. The van der Waals surface area contributed by atoms with Gasteiger partial charge < -0.3 is 15.1 Å². The molecule has 1 aliphatic carbocycles. The molecule has 1 N–H and O–H groups in total. The van der Waals surface area contributed by atoms with Gasteiger partial charge in [0.25, 0.3) is 5.91 Å². The Kier molecular flexibility index (Phi) is 7.05. The lowest BCUT2D eigenvalue weighted by molar-refractivity contribution is 0.0938. The maximum Gasteiger partial charge on any atom is 0.251 e. The van der Waals surface area contributed by atoms with Crippen LogP contribution in [0.15, 0.2) is 42.7 Å². The quantitative estimate of drug-likeness (QED) is 0.757. The van der Waals surface area contributed by atoms with Crippen molar-refractivity contribution in [3.63, 3.8) is 0 Å². The molecular formula is C26H36N6O. The van der Waals surface area contributed by atoms with E-state index in [4.69, 9.17) is 0 Å². The minimum atomic E-state index is 0.0725. The summed E-state index contributed by atoms with van der Waals surface area (Å²) < 4.78 is 0. The molecule has 2 aliphatic heterocycles. The highest BCUT2D eigenvalue weighted by Crippen LogP contribution is 2.25. The Bertz CT molecular complexity index is 891. The van der Waals surface area contributed by atoms with Crippen LogP contribution < -0.4 is 15.1 Å².